The highest BCUT2D eigenvalue weighted by atomic mass is 16.5. The van der Waals surface area contributed by atoms with E-state index in [1.807, 2.05) is 0 Å². The molecule has 0 fully saturated rings. The second kappa shape index (κ2) is 7.06. The number of benzene rings is 3. The van der Waals surface area contributed by atoms with E-state index >= 15 is 0 Å². The maximum absolute atomic E-state index is 6.74. The van der Waals surface area contributed by atoms with Crippen LogP contribution in [0.4, 0.5) is 0 Å². The predicted octanol–water partition coefficient (Wildman–Crippen LogP) is 8.09. The highest BCUT2D eigenvalue weighted by Gasteiger charge is 2.33. The molecule has 0 spiro atoms. The van der Waals surface area contributed by atoms with E-state index in [4.69, 9.17) is 4.74 Å². The lowest BCUT2D eigenvalue weighted by molar-refractivity contribution is -0.633. The van der Waals surface area contributed by atoms with Crippen molar-refractivity contribution in [2.24, 2.45) is 12.5 Å². The van der Waals surface area contributed by atoms with Crippen LogP contribution in [-0.4, -0.2) is 0 Å². The highest BCUT2D eigenvalue weighted by molar-refractivity contribution is 6.05. The van der Waals surface area contributed by atoms with Gasteiger partial charge in [0.25, 0.3) is 5.69 Å². The number of pyridine rings is 1. The molecular weight excluding hydrogens is 402 g/mol. The number of hydrogen-bond donors (Lipinski definition) is 0. The summed E-state index contributed by atoms with van der Waals surface area (Å²) in [6, 6.07) is 15.9. The van der Waals surface area contributed by atoms with Crippen LogP contribution in [0.1, 0.15) is 63.8 Å². The largest absolute Gasteiger partial charge is 0.450 e. The maximum Gasteiger partial charge on any atom is 0.256 e. The Morgan fingerprint density at radius 3 is 2.27 bits per heavy atom. The Bertz CT molecular complexity index is 1450. The van der Waals surface area contributed by atoms with Crippen molar-refractivity contribution >= 4 is 21.7 Å². The Labute approximate surface area is 198 Å². The first kappa shape index (κ1) is 21.9. The van der Waals surface area contributed by atoms with Gasteiger partial charge in [0.1, 0.15) is 12.8 Å². The van der Waals surface area contributed by atoms with Crippen LogP contribution in [0.3, 0.4) is 0 Å². The van der Waals surface area contributed by atoms with Gasteiger partial charge in [-0.1, -0.05) is 65.8 Å². The summed E-state index contributed by atoms with van der Waals surface area (Å²) in [5.41, 5.74) is 9.35. The van der Waals surface area contributed by atoms with Crippen molar-refractivity contribution in [1.82, 2.24) is 0 Å². The smallest absolute Gasteiger partial charge is 0.256 e. The number of aromatic nitrogens is 1. The Kier molecular flexibility index (Phi) is 4.70. The first-order valence-corrected chi connectivity index (χ1v) is 12.1. The summed E-state index contributed by atoms with van der Waals surface area (Å²) in [5.74, 6) is 1.95. The molecule has 4 aromatic rings. The molecule has 1 aromatic heterocycles. The van der Waals surface area contributed by atoms with Gasteiger partial charge in [-0.3, -0.25) is 0 Å². The fraction of sp³-hybridized carbons (Fsp3) is 0.387. The average molecular weight is 439 g/mol. The molecule has 0 atom stereocenters. The topological polar surface area (TPSA) is 13.1 Å². The molecule has 1 aliphatic rings. The van der Waals surface area contributed by atoms with Gasteiger partial charge in [-0.05, 0) is 64.8 Å². The van der Waals surface area contributed by atoms with E-state index in [0.29, 0.717) is 0 Å². The second-order valence-electron chi connectivity index (χ2n) is 12.1. The first-order chi connectivity index (χ1) is 15.3. The number of hydrogen-bond acceptors (Lipinski definition) is 1. The molecule has 1 aliphatic heterocycles. The zero-order valence-electron chi connectivity index (χ0n) is 21.6. The van der Waals surface area contributed by atoms with Crippen molar-refractivity contribution < 1.29 is 9.30 Å². The van der Waals surface area contributed by atoms with E-state index < -0.39 is 0 Å². The molecule has 0 saturated heterocycles. The quantitative estimate of drug-likeness (QED) is 0.241. The van der Waals surface area contributed by atoms with Crippen molar-refractivity contribution in [3.8, 4) is 22.8 Å². The van der Waals surface area contributed by atoms with Crippen LogP contribution in [0.25, 0.3) is 32.9 Å². The van der Waals surface area contributed by atoms with E-state index in [2.05, 4.69) is 109 Å². The minimum absolute atomic E-state index is 0.0553. The van der Waals surface area contributed by atoms with Gasteiger partial charge in [0.2, 0.25) is 5.52 Å². The fourth-order valence-corrected chi connectivity index (χ4v) is 5.52. The molecule has 33 heavy (non-hydrogen) atoms. The maximum atomic E-state index is 6.74. The minimum Gasteiger partial charge on any atom is -0.450 e. The molecule has 5 rings (SSSR count). The zero-order valence-corrected chi connectivity index (χ0v) is 21.6. The van der Waals surface area contributed by atoms with Crippen molar-refractivity contribution in [2.45, 2.75) is 67.2 Å². The van der Waals surface area contributed by atoms with Gasteiger partial charge in [0.15, 0.2) is 5.75 Å². The Morgan fingerprint density at radius 1 is 0.879 bits per heavy atom. The highest BCUT2D eigenvalue weighted by Crippen LogP contribution is 2.49. The van der Waals surface area contributed by atoms with Gasteiger partial charge < -0.3 is 4.74 Å². The van der Waals surface area contributed by atoms with Crippen LogP contribution in [0, 0.1) is 19.3 Å². The zero-order chi connectivity index (χ0) is 23.9. The molecule has 0 amide bonds. The van der Waals surface area contributed by atoms with Gasteiger partial charge in [0.05, 0.1) is 10.9 Å². The van der Waals surface area contributed by atoms with Gasteiger partial charge in [-0.25, -0.2) is 0 Å². The summed E-state index contributed by atoms with van der Waals surface area (Å²) in [7, 11) is 2.18. The third-order valence-electron chi connectivity index (χ3n) is 7.07. The molecular formula is C31H36NO+. The molecule has 0 unspecified atom stereocenters. The summed E-state index contributed by atoms with van der Waals surface area (Å²) in [4.78, 5) is 0. The molecule has 0 N–H and O–H groups in total. The summed E-state index contributed by atoms with van der Waals surface area (Å²) >= 11 is 0. The van der Waals surface area contributed by atoms with Gasteiger partial charge >= 0.3 is 0 Å². The SMILES string of the molecule is Cc1cc2cc(CC(C)(C)C)cc3c2c(c1C)-c1c(cc2c(C(C)(C)C)cccc2[n+]1C)O3. The number of ether oxygens (including phenoxy) is 1. The standard InChI is InChI=1S/C31H36NO/c1-18-13-21-14-20(17-30(3,4)5)15-25-28(21)27(19(18)2)29-26(33-25)16-22-23(31(6,7)8)11-10-12-24(22)32(29)9/h10-16H,17H2,1-9H3/q+1. The lowest BCUT2D eigenvalue weighted by atomic mass is 9.83. The fourth-order valence-electron chi connectivity index (χ4n) is 5.52. The molecule has 0 saturated carbocycles. The lowest BCUT2D eigenvalue weighted by Gasteiger charge is -2.26. The van der Waals surface area contributed by atoms with Crippen LogP contribution in [-0.2, 0) is 18.9 Å². The molecule has 0 radical (unpaired) electrons. The van der Waals surface area contributed by atoms with Crippen LogP contribution < -0.4 is 9.30 Å². The third kappa shape index (κ3) is 3.51. The average Bonchev–Trinajstić information content (AvgIpc) is 2.68. The third-order valence-corrected chi connectivity index (χ3v) is 7.07. The first-order valence-electron chi connectivity index (χ1n) is 12.1. The molecule has 0 bridgehead atoms. The molecule has 2 heteroatoms. The number of rotatable bonds is 1. The monoisotopic (exact) mass is 438 g/mol. The molecule has 3 aromatic carbocycles. The second-order valence-corrected chi connectivity index (χ2v) is 12.1. The normalized spacial score (nSPS) is 13.4. The summed E-state index contributed by atoms with van der Waals surface area (Å²) in [6.07, 6.45) is 1.02. The predicted molar refractivity (Wildman–Crippen MR) is 139 cm³/mol. The minimum atomic E-state index is 0.0553. The Hall–Kier alpha value is -2.87. The Balaban J connectivity index is 1.88. The van der Waals surface area contributed by atoms with Crippen LogP contribution in [0.5, 0.6) is 11.5 Å². The van der Waals surface area contributed by atoms with Crippen LogP contribution in [0.2, 0.25) is 0 Å². The number of aryl methyl sites for hydroxylation is 2. The molecule has 170 valence electrons. The van der Waals surface area contributed by atoms with Gasteiger partial charge in [0, 0.05) is 17.5 Å². The van der Waals surface area contributed by atoms with Gasteiger partial charge in [-0.15, -0.1) is 0 Å². The van der Waals surface area contributed by atoms with E-state index in [1.165, 1.54) is 55.2 Å². The van der Waals surface area contributed by atoms with Crippen molar-refractivity contribution in [1.29, 1.82) is 0 Å². The molecule has 2 heterocycles. The Morgan fingerprint density at radius 2 is 1.61 bits per heavy atom. The number of fused-ring (bicyclic) bond motifs is 3. The van der Waals surface area contributed by atoms with E-state index in [0.717, 1.165) is 17.9 Å². The molecule has 2 nitrogen and oxygen atoms in total. The number of nitrogens with zero attached hydrogens (tertiary/aromatic N) is 1. The van der Waals surface area contributed by atoms with E-state index in [-0.39, 0.29) is 10.8 Å². The van der Waals surface area contributed by atoms with Gasteiger partial charge in [-0.2, -0.15) is 4.57 Å². The summed E-state index contributed by atoms with van der Waals surface area (Å²) < 4.78 is 9.08. The van der Waals surface area contributed by atoms with E-state index in [9.17, 15) is 0 Å². The van der Waals surface area contributed by atoms with Crippen molar-refractivity contribution in [3.05, 3.63) is 64.7 Å². The van der Waals surface area contributed by atoms with Crippen molar-refractivity contribution in [2.75, 3.05) is 0 Å². The lowest BCUT2D eigenvalue weighted by Crippen LogP contribution is -2.34. The van der Waals surface area contributed by atoms with Crippen LogP contribution >= 0.6 is 0 Å². The molecule has 0 aliphatic carbocycles. The van der Waals surface area contributed by atoms with E-state index in [1.54, 1.807) is 0 Å². The van der Waals surface area contributed by atoms with Crippen LogP contribution in [0.15, 0.2) is 42.5 Å². The summed E-state index contributed by atoms with van der Waals surface area (Å²) in [6.45, 7) is 18.2. The summed E-state index contributed by atoms with van der Waals surface area (Å²) in [5, 5.41) is 3.78. The van der Waals surface area contributed by atoms with Crippen molar-refractivity contribution in [3.63, 3.8) is 0 Å².